The van der Waals surface area contributed by atoms with Gasteiger partial charge < -0.3 is 10.4 Å². The molecule has 1 aromatic heterocycles. The van der Waals surface area contributed by atoms with Gasteiger partial charge in [0.25, 0.3) is 0 Å². The van der Waals surface area contributed by atoms with E-state index in [1.165, 1.54) is 9.75 Å². The summed E-state index contributed by atoms with van der Waals surface area (Å²) in [6.45, 7) is 2.52. The lowest BCUT2D eigenvalue weighted by Gasteiger charge is -2.03. The van der Waals surface area contributed by atoms with E-state index < -0.39 is 5.97 Å². The number of thiophene rings is 1. The van der Waals surface area contributed by atoms with Crippen molar-refractivity contribution in [1.82, 2.24) is 5.32 Å². The highest BCUT2D eigenvalue weighted by Gasteiger charge is 2.03. The topological polar surface area (TPSA) is 66.4 Å². The number of rotatable bonds is 8. The highest BCUT2D eigenvalue weighted by molar-refractivity contribution is 7.11. The lowest BCUT2D eigenvalue weighted by atomic mass is 10.2. The summed E-state index contributed by atoms with van der Waals surface area (Å²) >= 11 is 1.77. The van der Waals surface area contributed by atoms with Crippen molar-refractivity contribution in [2.45, 2.75) is 39.0 Å². The standard InChI is InChI=1S/C13H19NO3S/c1-10-7-8-11(18-10)4-2-5-12(15)14-9-3-6-13(16)17/h7-8H,2-6,9H2,1H3,(H,14,15)(H,16,17). The van der Waals surface area contributed by atoms with Crippen molar-refractivity contribution in [2.75, 3.05) is 6.54 Å². The van der Waals surface area contributed by atoms with E-state index in [1.54, 1.807) is 11.3 Å². The van der Waals surface area contributed by atoms with Crippen LogP contribution in [0.25, 0.3) is 0 Å². The summed E-state index contributed by atoms with van der Waals surface area (Å²) in [7, 11) is 0. The number of hydrogen-bond donors (Lipinski definition) is 2. The second-order valence-electron chi connectivity index (χ2n) is 4.21. The van der Waals surface area contributed by atoms with Gasteiger partial charge in [-0.15, -0.1) is 11.3 Å². The molecule has 0 atom stereocenters. The van der Waals surface area contributed by atoms with Gasteiger partial charge in [-0.05, 0) is 38.3 Å². The number of aliphatic carboxylic acids is 1. The highest BCUT2D eigenvalue weighted by atomic mass is 32.1. The van der Waals surface area contributed by atoms with Crippen LogP contribution in [-0.2, 0) is 16.0 Å². The second kappa shape index (κ2) is 7.87. The smallest absolute Gasteiger partial charge is 0.303 e. The normalized spacial score (nSPS) is 10.3. The molecule has 1 rings (SSSR count). The average Bonchev–Trinajstić information content (AvgIpc) is 2.70. The minimum Gasteiger partial charge on any atom is -0.481 e. The Morgan fingerprint density at radius 1 is 1.28 bits per heavy atom. The fourth-order valence-electron chi connectivity index (χ4n) is 1.60. The highest BCUT2D eigenvalue weighted by Crippen LogP contribution is 2.17. The summed E-state index contributed by atoms with van der Waals surface area (Å²) in [5.74, 6) is -0.814. The largest absolute Gasteiger partial charge is 0.481 e. The van der Waals surface area contributed by atoms with Crippen LogP contribution in [-0.4, -0.2) is 23.5 Å². The molecule has 18 heavy (non-hydrogen) atoms. The molecule has 0 aromatic carbocycles. The lowest BCUT2D eigenvalue weighted by Crippen LogP contribution is -2.24. The Bertz CT molecular complexity index is 401. The van der Waals surface area contributed by atoms with Crippen LogP contribution in [0.2, 0.25) is 0 Å². The maximum atomic E-state index is 11.4. The first kappa shape index (κ1) is 14.7. The van der Waals surface area contributed by atoms with E-state index in [4.69, 9.17) is 5.11 Å². The molecule has 0 unspecified atom stereocenters. The van der Waals surface area contributed by atoms with E-state index >= 15 is 0 Å². The van der Waals surface area contributed by atoms with Crippen molar-refractivity contribution < 1.29 is 14.7 Å². The third-order valence-corrected chi connectivity index (χ3v) is 3.57. The summed E-state index contributed by atoms with van der Waals surface area (Å²) in [5.41, 5.74) is 0. The van der Waals surface area contributed by atoms with Crippen LogP contribution in [0, 0.1) is 6.92 Å². The molecule has 1 amide bonds. The van der Waals surface area contributed by atoms with Gasteiger partial charge in [-0.3, -0.25) is 9.59 Å². The molecule has 5 heteroatoms. The molecule has 0 radical (unpaired) electrons. The number of carbonyl (C=O) groups excluding carboxylic acids is 1. The predicted molar refractivity (Wildman–Crippen MR) is 71.9 cm³/mol. The van der Waals surface area contributed by atoms with Crippen molar-refractivity contribution in [1.29, 1.82) is 0 Å². The third-order valence-electron chi connectivity index (χ3n) is 2.51. The fourth-order valence-corrected chi connectivity index (χ4v) is 2.53. The molecule has 2 N–H and O–H groups in total. The summed E-state index contributed by atoms with van der Waals surface area (Å²) in [4.78, 5) is 24.3. The molecule has 1 aromatic rings. The van der Waals surface area contributed by atoms with E-state index in [2.05, 4.69) is 24.4 Å². The Labute approximate surface area is 111 Å². The Morgan fingerprint density at radius 3 is 2.67 bits per heavy atom. The molecule has 0 spiro atoms. The van der Waals surface area contributed by atoms with Gasteiger partial charge in [-0.1, -0.05) is 0 Å². The fraction of sp³-hybridized carbons (Fsp3) is 0.538. The Balaban J connectivity index is 2.05. The third kappa shape index (κ3) is 6.39. The average molecular weight is 269 g/mol. The molecule has 0 saturated heterocycles. The molecule has 100 valence electrons. The van der Waals surface area contributed by atoms with Gasteiger partial charge in [0.15, 0.2) is 0 Å². The molecule has 0 aliphatic rings. The van der Waals surface area contributed by atoms with Crippen LogP contribution in [0.3, 0.4) is 0 Å². The van der Waals surface area contributed by atoms with E-state index in [0.717, 1.165) is 12.8 Å². The van der Waals surface area contributed by atoms with Crippen LogP contribution >= 0.6 is 11.3 Å². The van der Waals surface area contributed by atoms with Gasteiger partial charge in [0, 0.05) is 29.1 Å². The van der Waals surface area contributed by atoms with Crippen molar-refractivity contribution in [3.63, 3.8) is 0 Å². The van der Waals surface area contributed by atoms with E-state index in [9.17, 15) is 9.59 Å². The lowest BCUT2D eigenvalue weighted by molar-refractivity contribution is -0.137. The van der Waals surface area contributed by atoms with E-state index in [0.29, 0.717) is 19.4 Å². The van der Waals surface area contributed by atoms with Gasteiger partial charge >= 0.3 is 5.97 Å². The maximum absolute atomic E-state index is 11.4. The number of hydrogen-bond acceptors (Lipinski definition) is 3. The van der Waals surface area contributed by atoms with Crippen molar-refractivity contribution in [3.05, 3.63) is 21.9 Å². The van der Waals surface area contributed by atoms with Crippen molar-refractivity contribution in [2.24, 2.45) is 0 Å². The summed E-state index contributed by atoms with van der Waals surface area (Å²) < 4.78 is 0. The van der Waals surface area contributed by atoms with Gasteiger partial charge in [0.1, 0.15) is 0 Å². The molecule has 0 fully saturated rings. The molecule has 1 heterocycles. The van der Waals surface area contributed by atoms with Crippen molar-refractivity contribution in [3.8, 4) is 0 Å². The van der Waals surface area contributed by atoms with Gasteiger partial charge in [-0.2, -0.15) is 0 Å². The zero-order chi connectivity index (χ0) is 13.4. The first-order chi connectivity index (χ1) is 8.58. The van der Waals surface area contributed by atoms with E-state index in [-0.39, 0.29) is 12.3 Å². The number of aryl methyl sites for hydroxylation is 2. The SMILES string of the molecule is Cc1ccc(CCCC(=O)NCCCC(=O)O)s1. The number of amides is 1. The van der Waals surface area contributed by atoms with Crippen LogP contribution in [0.15, 0.2) is 12.1 Å². The summed E-state index contributed by atoms with van der Waals surface area (Å²) in [6, 6.07) is 4.19. The Kier molecular flexibility index (Phi) is 6.43. The Morgan fingerprint density at radius 2 is 2.06 bits per heavy atom. The first-order valence-electron chi connectivity index (χ1n) is 6.12. The molecule has 0 saturated carbocycles. The summed E-state index contributed by atoms with van der Waals surface area (Å²) in [6.07, 6.45) is 2.87. The van der Waals surface area contributed by atoms with Crippen LogP contribution in [0.5, 0.6) is 0 Å². The van der Waals surface area contributed by atoms with Gasteiger partial charge in [0.05, 0.1) is 0 Å². The summed E-state index contributed by atoms with van der Waals surface area (Å²) in [5, 5.41) is 11.2. The molecule has 4 nitrogen and oxygen atoms in total. The number of carboxylic acid groups (broad SMARTS) is 1. The number of carbonyl (C=O) groups is 2. The molecule has 0 aliphatic heterocycles. The van der Waals surface area contributed by atoms with Gasteiger partial charge in [-0.25, -0.2) is 0 Å². The molecular formula is C13H19NO3S. The second-order valence-corrected chi connectivity index (χ2v) is 5.59. The van der Waals surface area contributed by atoms with Crippen LogP contribution in [0.4, 0.5) is 0 Å². The minimum absolute atomic E-state index is 0.00802. The molecule has 0 bridgehead atoms. The zero-order valence-corrected chi connectivity index (χ0v) is 11.4. The molecular weight excluding hydrogens is 250 g/mol. The first-order valence-corrected chi connectivity index (χ1v) is 6.93. The van der Waals surface area contributed by atoms with Gasteiger partial charge in [0.2, 0.25) is 5.91 Å². The minimum atomic E-state index is -0.822. The maximum Gasteiger partial charge on any atom is 0.303 e. The van der Waals surface area contributed by atoms with E-state index in [1.807, 2.05) is 0 Å². The number of carboxylic acids is 1. The quantitative estimate of drug-likeness (QED) is 0.712. The zero-order valence-electron chi connectivity index (χ0n) is 10.6. The van der Waals surface area contributed by atoms with Crippen LogP contribution < -0.4 is 5.32 Å². The molecule has 0 aliphatic carbocycles. The Hall–Kier alpha value is -1.36. The number of nitrogens with one attached hydrogen (secondary N) is 1. The van der Waals surface area contributed by atoms with Crippen LogP contribution in [0.1, 0.15) is 35.4 Å². The van der Waals surface area contributed by atoms with Crippen molar-refractivity contribution >= 4 is 23.2 Å². The predicted octanol–water partition coefficient (Wildman–Crippen LogP) is 2.36. The monoisotopic (exact) mass is 269 g/mol.